The van der Waals surface area contributed by atoms with Gasteiger partial charge in [0.2, 0.25) is 0 Å². The number of rotatable bonds is 8. The van der Waals surface area contributed by atoms with Crippen LogP contribution in [0, 0.1) is 0 Å². The predicted octanol–water partition coefficient (Wildman–Crippen LogP) is 5.23. The number of thioether (sulfide) groups is 1. The van der Waals surface area contributed by atoms with Gasteiger partial charge < -0.3 is 4.74 Å². The second-order valence-corrected chi connectivity index (χ2v) is 8.61. The number of ether oxygens (including phenoxy) is 1. The summed E-state index contributed by atoms with van der Waals surface area (Å²) in [7, 11) is 1.62. The number of hydrazone groups is 1. The fourth-order valence-corrected chi connectivity index (χ4v) is 4.03. The molecule has 0 radical (unpaired) electrons. The maximum absolute atomic E-state index is 12.5. The molecule has 0 aliphatic heterocycles. The third-order valence-corrected chi connectivity index (χ3v) is 6.12. The molecular weight excluding hydrogens is 470 g/mol. The molecule has 0 saturated carbocycles. The van der Waals surface area contributed by atoms with E-state index < -0.39 is 0 Å². The molecule has 0 atom stereocenters. The SMILES string of the molecule is COc1ccc(/C(C)=N\NC(=O)CSc2nnc(-c3ccc(Cl)cc3)n2-c2ccccc2)cc1. The van der Waals surface area contributed by atoms with Crippen molar-refractivity contribution in [3.05, 3.63) is 89.4 Å². The van der Waals surface area contributed by atoms with E-state index in [1.165, 1.54) is 11.8 Å². The average molecular weight is 492 g/mol. The van der Waals surface area contributed by atoms with Crippen LogP contribution in [0.1, 0.15) is 12.5 Å². The molecule has 0 aliphatic rings. The first kappa shape index (κ1) is 23.5. The first-order valence-electron chi connectivity index (χ1n) is 10.4. The number of nitrogens with one attached hydrogen (secondary N) is 1. The number of nitrogens with zero attached hydrogens (tertiary/aromatic N) is 4. The van der Waals surface area contributed by atoms with Crippen molar-refractivity contribution in [1.29, 1.82) is 0 Å². The molecule has 0 unspecified atom stereocenters. The number of benzene rings is 3. The van der Waals surface area contributed by atoms with Crippen molar-refractivity contribution in [2.75, 3.05) is 12.9 Å². The maximum atomic E-state index is 12.5. The molecule has 0 aliphatic carbocycles. The standard InChI is InChI=1S/C25H22ClN5O2S/c1-17(18-10-14-22(33-2)15-11-18)27-28-23(32)16-34-25-30-29-24(19-8-12-20(26)13-9-19)31(25)21-6-4-3-5-7-21/h3-15H,16H2,1-2H3,(H,28,32)/b27-17-. The van der Waals surface area contributed by atoms with Gasteiger partial charge in [0.25, 0.3) is 5.91 Å². The second kappa shape index (κ2) is 11.0. The van der Waals surface area contributed by atoms with Gasteiger partial charge in [0.1, 0.15) is 5.75 Å². The molecule has 172 valence electrons. The summed E-state index contributed by atoms with van der Waals surface area (Å²) in [6.45, 7) is 1.83. The number of amides is 1. The van der Waals surface area contributed by atoms with Gasteiger partial charge in [-0.3, -0.25) is 9.36 Å². The van der Waals surface area contributed by atoms with Crippen LogP contribution in [0.5, 0.6) is 5.75 Å². The number of methoxy groups -OCH3 is 1. The van der Waals surface area contributed by atoms with Gasteiger partial charge in [0.05, 0.1) is 18.6 Å². The number of carbonyl (C=O) groups is 1. The van der Waals surface area contributed by atoms with Crippen LogP contribution in [0.25, 0.3) is 17.1 Å². The molecule has 4 rings (SSSR count). The molecule has 9 heteroatoms. The highest BCUT2D eigenvalue weighted by Crippen LogP contribution is 2.28. The lowest BCUT2D eigenvalue weighted by Gasteiger charge is -2.10. The normalized spacial score (nSPS) is 11.3. The quantitative estimate of drug-likeness (QED) is 0.207. The van der Waals surface area contributed by atoms with Crippen molar-refractivity contribution in [2.24, 2.45) is 5.10 Å². The van der Waals surface area contributed by atoms with Gasteiger partial charge in [-0.2, -0.15) is 5.10 Å². The Kier molecular flexibility index (Phi) is 7.61. The zero-order valence-corrected chi connectivity index (χ0v) is 20.2. The molecule has 1 amide bonds. The van der Waals surface area contributed by atoms with Crippen molar-refractivity contribution >= 4 is 35.0 Å². The Morgan fingerprint density at radius 1 is 1.03 bits per heavy atom. The zero-order chi connectivity index (χ0) is 23.9. The van der Waals surface area contributed by atoms with E-state index in [0.29, 0.717) is 21.7 Å². The Balaban J connectivity index is 1.49. The van der Waals surface area contributed by atoms with Crippen molar-refractivity contribution in [3.8, 4) is 22.8 Å². The zero-order valence-electron chi connectivity index (χ0n) is 18.6. The van der Waals surface area contributed by atoms with E-state index in [4.69, 9.17) is 16.3 Å². The number of para-hydroxylation sites is 1. The maximum Gasteiger partial charge on any atom is 0.250 e. The van der Waals surface area contributed by atoms with Gasteiger partial charge >= 0.3 is 0 Å². The Morgan fingerprint density at radius 2 is 1.74 bits per heavy atom. The van der Waals surface area contributed by atoms with Crippen LogP contribution in [0.4, 0.5) is 0 Å². The first-order valence-corrected chi connectivity index (χ1v) is 11.8. The number of halogens is 1. The minimum Gasteiger partial charge on any atom is -0.497 e. The summed E-state index contributed by atoms with van der Waals surface area (Å²) in [5, 5.41) is 14.2. The average Bonchev–Trinajstić information content (AvgIpc) is 3.31. The molecule has 0 spiro atoms. The van der Waals surface area contributed by atoms with Gasteiger partial charge in [-0.25, -0.2) is 5.43 Å². The molecule has 34 heavy (non-hydrogen) atoms. The summed E-state index contributed by atoms with van der Waals surface area (Å²) < 4.78 is 7.09. The third-order valence-electron chi connectivity index (χ3n) is 4.94. The molecular formula is C25H22ClN5O2S. The summed E-state index contributed by atoms with van der Waals surface area (Å²) in [4.78, 5) is 12.5. The van der Waals surface area contributed by atoms with Gasteiger partial charge in [-0.05, 0) is 73.2 Å². The lowest BCUT2D eigenvalue weighted by Crippen LogP contribution is -2.21. The molecule has 7 nitrogen and oxygen atoms in total. The van der Waals surface area contributed by atoms with Gasteiger partial charge in [0, 0.05) is 16.3 Å². The first-order chi connectivity index (χ1) is 16.5. The highest BCUT2D eigenvalue weighted by atomic mass is 35.5. The molecule has 1 heterocycles. The number of carbonyl (C=O) groups excluding carboxylic acids is 1. The Morgan fingerprint density at radius 3 is 2.41 bits per heavy atom. The van der Waals surface area contributed by atoms with Crippen molar-refractivity contribution in [1.82, 2.24) is 20.2 Å². The van der Waals surface area contributed by atoms with Crippen molar-refractivity contribution in [3.63, 3.8) is 0 Å². The summed E-state index contributed by atoms with van der Waals surface area (Å²) in [5.41, 5.74) is 5.96. The van der Waals surface area contributed by atoms with Crippen LogP contribution in [0.15, 0.2) is 89.1 Å². The van der Waals surface area contributed by atoms with E-state index in [-0.39, 0.29) is 11.7 Å². The molecule has 1 N–H and O–H groups in total. The Hall–Kier alpha value is -3.62. The van der Waals surface area contributed by atoms with E-state index in [2.05, 4.69) is 20.7 Å². The van der Waals surface area contributed by atoms with Crippen molar-refractivity contribution in [2.45, 2.75) is 12.1 Å². The lowest BCUT2D eigenvalue weighted by atomic mass is 10.1. The monoisotopic (exact) mass is 491 g/mol. The minimum atomic E-state index is -0.242. The van der Waals surface area contributed by atoms with E-state index in [1.54, 1.807) is 7.11 Å². The number of hydrogen-bond acceptors (Lipinski definition) is 6. The summed E-state index contributed by atoms with van der Waals surface area (Å²) in [6, 6.07) is 24.6. The van der Waals surface area contributed by atoms with E-state index >= 15 is 0 Å². The van der Waals surface area contributed by atoms with Gasteiger partial charge in [0.15, 0.2) is 11.0 Å². The van der Waals surface area contributed by atoms with E-state index in [0.717, 1.165) is 22.6 Å². The largest absolute Gasteiger partial charge is 0.497 e. The molecule has 0 fully saturated rings. The summed E-state index contributed by atoms with van der Waals surface area (Å²) in [6.07, 6.45) is 0. The molecule has 0 bridgehead atoms. The van der Waals surface area contributed by atoms with Gasteiger partial charge in [-0.1, -0.05) is 41.6 Å². The highest BCUT2D eigenvalue weighted by Gasteiger charge is 2.17. The van der Waals surface area contributed by atoms with E-state index in [9.17, 15) is 4.79 Å². The van der Waals surface area contributed by atoms with Gasteiger partial charge in [-0.15, -0.1) is 10.2 Å². The molecule has 4 aromatic rings. The smallest absolute Gasteiger partial charge is 0.250 e. The summed E-state index contributed by atoms with van der Waals surface area (Å²) >= 11 is 7.33. The third kappa shape index (κ3) is 5.65. The second-order valence-electron chi connectivity index (χ2n) is 7.23. The van der Waals surface area contributed by atoms with Crippen LogP contribution in [0.3, 0.4) is 0 Å². The van der Waals surface area contributed by atoms with Crippen LogP contribution in [-0.2, 0) is 4.79 Å². The Bertz CT molecular complexity index is 1290. The molecule has 0 saturated heterocycles. The number of hydrogen-bond donors (Lipinski definition) is 1. The predicted molar refractivity (Wildman–Crippen MR) is 136 cm³/mol. The summed E-state index contributed by atoms with van der Waals surface area (Å²) in [5.74, 6) is 1.32. The minimum absolute atomic E-state index is 0.130. The highest BCUT2D eigenvalue weighted by molar-refractivity contribution is 7.99. The molecule has 3 aromatic carbocycles. The Labute approximate surface area is 206 Å². The van der Waals surface area contributed by atoms with Crippen molar-refractivity contribution < 1.29 is 9.53 Å². The van der Waals surface area contributed by atoms with Crippen LogP contribution >= 0.6 is 23.4 Å². The van der Waals surface area contributed by atoms with Crippen LogP contribution in [-0.4, -0.2) is 39.2 Å². The van der Waals surface area contributed by atoms with Crippen LogP contribution in [0.2, 0.25) is 5.02 Å². The van der Waals surface area contributed by atoms with Crippen LogP contribution < -0.4 is 10.2 Å². The topological polar surface area (TPSA) is 81.4 Å². The fourth-order valence-electron chi connectivity index (χ4n) is 3.16. The molecule has 1 aromatic heterocycles. The number of aromatic nitrogens is 3. The van der Waals surface area contributed by atoms with E-state index in [1.807, 2.05) is 90.4 Å². The fraction of sp³-hybridized carbons (Fsp3) is 0.120. The lowest BCUT2D eigenvalue weighted by molar-refractivity contribution is -0.118.